The van der Waals surface area contributed by atoms with Crippen molar-refractivity contribution in [2.75, 3.05) is 0 Å². The molecular formula is C16H9ClIN3O4S. The first-order valence-corrected chi connectivity index (χ1v) is 9.32. The number of phenolic OH excluding ortho intramolecular Hbond substituents is 1. The van der Waals surface area contributed by atoms with Crippen LogP contribution in [0.15, 0.2) is 41.5 Å². The summed E-state index contributed by atoms with van der Waals surface area (Å²) in [5, 5.41) is 25.6. The molecule has 0 radical (unpaired) electrons. The van der Waals surface area contributed by atoms with Crippen LogP contribution < -0.4 is 5.43 Å². The number of hydrazone groups is 1. The average Bonchev–Trinajstić information content (AvgIpc) is 3.02. The van der Waals surface area contributed by atoms with Crippen LogP contribution in [0, 0.1) is 13.7 Å². The maximum Gasteiger partial charge on any atom is 0.281 e. The summed E-state index contributed by atoms with van der Waals surface area (Å²) >= 11 is 9.06. The van der Waals surface area contributed by atoms with E-state index in [4.69, 9.17) is 11.6 Å². The molecule has 0 aliphatic carbocycles. The van der Waals surface area contributed by atoms with E-state index in [2.05, 4.69) is 10.5 Å². The second kappa shape index (κ2) is 7.56. The highest BCUT2D eigenvalue weighted by atomic mass is 127. The second-order valence-corrected chi connectivity index (χ2v) is 7.80. The number of benzene rings is 2. The summed E-state index contributed by atoms with van der Waals surface area (Å²) in [7, 11) is 0. The van der Waals surface area contributed by atoms with Gasteiger partial charge >= 0.3 is 0 Å². The molecule has 10 heteroatoms. The zero-order valence-corrected chi connectivity index (χ0v) is 16.5. The lowest BCUT2D eigenvalue weighted by atomic mass is 10.2. The van der Waals surface area contributed by atoms with Crippen molar-refractivity contribution in [1.82, 2.24) is 5.43 Å². The van der Waals surface area contributed by atoms with Crippen molar-refractivity contribution in [1.29, 1.82) is 0 Å². The van der Waals surface area contributed by atoms with Crippen molar-refractivity contribution in [3.8, 4) is 5.75 Å². The summed E-state index contributed by atoms with van der Waals surface area (Å²) in [4.78, 5) is 22.9. The van der Waals surface area contributed by atoms with Gasteiger partial charge in [-0.1, -0.05) is 11.6 Å². The molecule has 0 saturated carbocycles. The number of amides is 1. The molecule has 0 saturated heterocycles. The number of thiophene rings is 1. The highest BCUT2D eigenvalue weighted by Crippen LogP contribution is 2.29. The van der Waals surface area contributed by atoms with Gasteiger partial charge in [0, 0.05) is 32.8 Å². The number of halogens is 2. The molecule has 0 aliphatic heterocycles. The van der Waals surface area contributed by atoms with Gasteiger partial charge in [0.25, 0.3) is 11.6 Å². The van der Waals surface area contributed by atoms with Gasteiger partial charge < -0.3 is 5.11 Å². The van der Waals surface area contributed by atoms with Crippen molar-refractivity contribution in [2.45, 2.75) is 0 Å². The number of nitrogens with one attached hydrogen (secondary N) is 1. The summed E-state index contributed by atoms with van der Waals surface area (Å²) < 4.78 is 1.32. The molecule has 0 fully saturated rings. The lowest BCUT2D eigenvalue weighted by Gasteiger charge is -2.02. The van der Waals surface area contributed by atoms with Crippen molar-refractivity contribution < 1.29 is 14.8 Å². The number of carbonyl (C=O) groups excluding carboxylic acids is 1. The maximum absolute atomic E-state index is 12.2. The molecule has 132 valence electrons. The van der Waals surface area contributed by atoms with Crippen LogP contribution in [0.3, 0.4) is 0 Å². The number of fused-ring (bicyclic) bond motifs is 1. The number of aromatic hydroxyl groups is 1. The van der Waals surface area contributed by atoms with Crippen LogP contribution in [0.4, 0.5) is 5.69 Å². The largest absolute Gasteiger partial charge is 0.506 e. The Morgan fingerprint density at radius 3 is 2.85 bits per heavy atom. The van der Waals surface area contributed by atoms with Gasteiger partial charge in [-0.05, 0) is 46.9 Å². The fourth-order valence-corrected chi connectivity index (χ4v) is 4.15. The predicted molar refractivity (Wildman–Crippen MR) is 109 cm³/mol. The molecule has 2 N–H and O–H groups in total. The van der Waals surface area contributed by atoms with E-state index in [0.717, 1.165) is 4.70 Å². The molecule has 0 atom stereocenters. The first-order valence-electron chi connectivity index (χ1n) is 7.04. The highest BCUT2D eigenvalue weighted by molar-refractivity contribution is 14.1. The summed E-state index contributed by atoms with van der Waals surface area (Å²) in [6, 6.07) is 9.10. The molecule has 3 rings (SSSR count). The Labute approximate surface area is 169 Å². The van der Waals surface area contributed by atoms with Crippen LogP contribution in [0.1, 0.15) is 15.2 Å². The van der Waals surface area contributed by atoms with Crippen molar-refractivity contribution in [3.63, 3.8) is 0 Å². The third kappa shape index (κ3) is 3.94. The summed E-state index contributed by atoms with van der Waals surface area (Å²) in [6.07, 6.45) is 1.29. The third-order valence-electron chi connectivity index (χ3n) is 3.36. The van der Waals surface area contributed by atoms with Crippen LogP contribution in [0.2, 0.25) is 5.02 Å². The number of rotatable bonds is 4. The maximum atomic E-state index is 12.2. The van der Waals surface area contributed by atoms with Gasteiger partial charge in [0.1, 0.15) is 5.75 Å². The number of nitro benzene ring substituents is 1. The SMILES string of the molecule is O=C(N/N=C\c1cc(Cl)cc(I)c1O)c1cc2cc([N+](=O)[O-])ccc2s1. The van der Waals surface area contributed by atoms with E-state index in [-0.39, 0.29) is 11.4 Å². The van der Waals surface area contributed by atoms with Gasteiger partial charge in [-0.15, -0.1) is 11.3 Å². The Hall–Kier alpha value is -2.24. The van der Waals surface area contributed by atoms with Gasteiger partial charge in [0.2, 0.25) is 0 Å². The van der Waals surface area contributed by atoms with E-state index in [1.807, 2.05) is 22.6 Å². The van der Waals surface area contributed by atoms with E-state index >= 15 is 0 Å². The second-order valence-electron chi connectivity index (χ2n) is 5.11. The molecule has 7 nitrogen and oxygen atoms in total. The smallest absolute Gasteiger partial charge is 0.281 e. The molecule has 2 aromatic carbocycles. The van der Waals surface area contributed by atoms with E-state index in [0.29, 0.717) is 24.4 Å². The van der Waals surface area contributed by atoms with E-state index in [1.165, 1.54) is 35.8 Å². The Kier molecular flexibility index (Phi) is 5.39. The average molecular weight is 502 g/mol. The normalized spacial score (nSPS) is 11.2. The minimum atomic E-state index is -0.486. The van der Waals surface area contributed by atoms with Gasteiger partial charge in [-0.25, -0.2) is 5.43 Å². The summed E-state index contributed by atoms with van der Waals surface area (Å²) in [5.41, 5.74) is 2.70. The lowest BCUT2D eigenvalue weighted by molar-refractivity contribution is -0.384. The minimum absolute atomic E-state index is 0.0159. The molecule has 26 heavy (non-hydrogen) atoms. The molecule has 3 aromatic rings. The molecule has 0 spiro atoms. The van der Waals surface area contributed by atoms with Gasteiger partial charge in [-0.3, -0.25) is 14.9 Å². The van der Waals surface area contributed by atoms with Crippen LogP contribution >= 0.6 is 45.5 Å². The quantitative estimate of drug-likeness (QED) is 0.237. The van der Waals surface area contributed by atoms with E-state index < -0.39 is 10.8 Å². The number of hydrogen-bond acceptors (Lipinski definition) is 6. The standard InChI is InChI=1S/C16H9ClIN3O4S/c17-10-3-9(15(22)12(18)6-10)7-19-20-16(23)14-5-8-4-11(21(24)25)1-2-13(8)26-14/h1-7,22H,(H,20,23)/b19-7-. The highest BCUT2D eigenvalue weighted by Gasteiger charge is 2.13. The van der Waals surface area contributed by atoms with Crippen molar-refractivity contribution >= 4 is 73.4 Å². The van der Waals surface area contributed by atoms with Crippen LogP contribution in [-0.4, -0.2) is 22.2 Å². The zero-order valence-electron chi connectivity index (χ0n) is 12.8. The molecule has 1 heterocycles. The Morgan fingerprint density at radius 1 is 1.35 bits per heavy atom. The number of carbonyl (C=O) groups is 1. The molecule has 1 amide bonds. The fourth-order valence-electron chi connectivity index (χ4n) is 2.16. The minimum Gasteiger partial charge on any atom is -0.506 e. The summed E-state index contributed by atoms with van der Waals surface area (Å²) in [5.74, 6) is -0.441. The van der Waals surface area contributed by atoms with Crippen molar-refractivity contribution in [2.24, 2.45) is 5.10 Å². The molecule has 0 unspecified atom stereocenters. The Balaban J connectivity index is 1.78. The number of non-ortho nitro benzene ring substituents is 1. The Bertz CT molecular complexity index is 1070. The zero-order chi connectivity index (χ0) is 18.8. The predicted octanol–water partition coefficient (Wildman–Crippen LogP) is 4.54. The van der Waals surface area contributed by atoms with E-state index in [1.54, 1.807) is 18.2 Å². The monoisotopic (exact) mass is 501 g/mol. The molecular weight excluding hydrogens is 493 g/mol. The third-order valence-corrected chi connectivity index (χ3v) is 5.52. The number of hydrogen-bond donors (Lipinski definition) is 2. The molecule has 0 bridgehead atoms. The van der Waals surface area contributed by atoms with Gasteiger partial charge in [-0.2, -0.15) is 5.10 Å². The van der Waals surface area contributed by atoms with Gasteiger partial charge in [0.15, 0.2) is 0 Å². The van der Waals surface area contributed by atoms with E-state index in [9.17, 15) is 20.0 Å². The lowest BCUT2D eigenvalue weighted by Crippen LogP contribution is -2.16. The number of nitrogens with zero attached hydrogens (tertiary/aromatic N) is 2. The summed E-state index contributed by atoms with van der Waals surface area (Å²) in [6.45, 7) is 0. The Morgan fingerprint density at radius 2 is 2.12 bits per heavy atom. The first-order chi connectivity index (χ1) is 12.3. The van der Waals surface area contributed by atoms with Gasteiger partial charge in [0.05, 0.1) is 19.6 Å². The molecule has 0 aliphatic rings. The van der Waals surface area contributed by atoms with Crippen LogP contribution in [0.5, 0.6) is 5.75 Å². The fraction of sp³-hybridized carbons (Fsp3) is 0. The van der Waals surface area contributed by atoms with Crippen LogP contribution in [0.25, 0.3) is 10.1 Å². The van der Waals surface area contributed by atoms with Crippen molar-refractivity contribution in [3.05, 3.63) is 65.5 Å². The van der Waals surface area contributed by atoms with Crippen LogP contribution in [-0.2, 0) is 0 Å². The topological polar surface area (TPSA) is 105 Å². The first kappa shape index (κ1) is 18.5. The molecule has 1 aromatic heterocycles. The number of phenols is 1. The number of nitro groups is 1.